The Morgan fingerprint density at radius 1 is 1.67 bits per heavy atom. The normalized spacial score (nSPS) is 10.1. The second-order valence-corrected chi connectivity index (χ2v) is 1.24. The number of rotatable bonds is 2. The van der Waals surface area contributed by atoms with Crippen LogP contribution in [0.3, 0.4) is 0 Å². The van der Waals surface area contributed by atoms with Crippen molar-refractivity contribution in [1.29, 1.82) is 0 Å². The number of carbonyl (C=O) groups excluding carboxylic acids is 1. The number of hydrogen-bond donors (Lipinski definition) is 2. The second kappa shape index (κ2) is 3.85. The van der Waals surface area contributed by atoms with Crippen LogP contribution in [0.25, 0.3) is 0 Å². The van der Waals surface area contributed by atoms with Gasteiger partial charge in [-0.2, -0.15) is 0 Å². The van der Waals surface area contributed by atoms with Crippen LogP contribution in [0.5, 0.6) is 0 Å². The van der Waals surface area contributed by atoms with Crippen LogP contribution in [0.4, 0.5) is 4.39 Å². The van der Waals surface area contributed by atoms with E-state index < -0.39 is 18.4 Å². The number of alkyl halides is 1. The Hall–Kier alpha value is -0.0826. The van der Waals surface area contributed by atoms with Crippen molar-refractivity contribution in [3.05, 3.63) is 0 Å². The van der Waals surface area contributed by atoms with Crippen LogP contribution < -0.4 is 24.0 Å². The Bertz CT molecular complexity index is 104. The fourth-order valence-electron chi connectivity index (χ4n) is 0.0546. The molecule has 0 radical (unpaired) electrons. The summed E-state index contributed by atoms with van der Waals surface area (Å²) in [5.74, 6) is -5.56. The van der Waals surface area contributed by atoms with Crippen molar-refractivity contribution in [2.24, 2.45) is 0 Å². The fraction of sp³-hybridized carbons (Fsp3) is 0.667. The number of aliphatic hydroxyl groups is 2. The Morgan fingerprint density at radius 2 is 2.00 bits per heavy atom. The van der Waals surface area contributed by atoms with Crippen LogP contribution in [0.15, 0.2) is 0 Å². The van der Waals surface area contributed by atoms with Crippen LogP contribution in [0.2, 0.25) is 0 Å². The monoisotopic (exact) mass is 130 g/mol. The molecular formula is C3H4FLiO4. The molecule has 0 saturated heterocycles. The molecule has 0 aliphatic rings. The van der Waals surface area contributed by atoms with Crippen molar-refractivity contribution in [2.75, 3.05) is 6.67 Å². The van der Waals surface area contributed by atoms with Crippen molar-refractivity contribution >= 4 is 5.97 Å². The largest absolute Gasteiger partial charge is 1.00 e. The minimum atomic E-state index is -3.32. The molecule has 0 fully saturated rings. The predicted molar refractivity (Wildman–Crippen MR) is 18.2 cm³/mol. The van der Waals surface area contributed by atoms with Gasteiger partial charge in [0, 0.05) is 0 Å². The molecule has 6 heteroatoms. The second-order valence-electron chi connectivity index (χ2n) is 1.24. The van der Waals surface area contributed by atoms with Gasteiger partial charge >= 0.3 is 18.9 Å². The van der Waals surface area contributed by atoms with E-state index in [0.717, 1.165) is 0 Å². The van der Waals surface area contributed by atoms with Gasteiger partial charge in [0.1, 0.15) is 12.6 Å². The SMILES string of the molecule is O=C([O-])C(O)(O)CF.[Li+]. The van der Waals surface area contributed by atoms with Crippen molar-refractivity contribution < 1.29 is 43.4 Å². The number of carboxylic acid groups (broad SMARTS) is 1. The summed E-state index contributed by atoms with van der Waals surface area (Å²) in [5.41, 5.74) is 0. The summed E-state index contributed by atoms with van der Waals surface area (Å²) in [4.78, 5) is 9.40. The van der Waals surface area contributed by atoms with Crippen molar-refractivity contribution in [3.8, 4) is 0 Å². The molecule has 0 aromatic heterocycles. The first-order valence-corrected chi connectivity index (χ1v) is 1.73. The van der Waals surface area contributed by atoms with Crippen molar-refractivity contribution in [2.45, 2.75) is 5.79 Å². The maximum atomic E-state index is 11.1. The number of aliphatic carboxylic acids is 1. The van der Waals surface area contributed by atoms with Crippen LogP contribution in [0.1, 0.15) is 0 Å². The minimum Gasteiger partial charge on any atom is -0.544 e. The molecule has 0 aromatic carbocycles. The maximum Gasteiger partial charge on any atom is 1.00 e. The molecule has 0 amide bonds. The molecule has 9 heavy (non-hydrogen) atoms. The molecule has 0 aliphatic carbocycles. The van der Waals surface area contributed by atoms with E-state index in [0.29, 0.717) is 0 Å². The summed E-state index contributed by atoms with van der Waals surface area (Å²) >= 11 is 0. The molecule has 0 heterocycles. The Labute approximate surface area is 62.5 Å². The standard InChI is InChI=1S/C3H5FO4.Li/c4-1-3(7,8)2(5)6;/h7-8H,1H2,(H,5,6);/q;+1/p-1. The maximum absolute atomic E-state index is 11.1. The van der Waals surface area contributed by atoms with E-state index in [1.807, 2.05) is 0 Å². The summed E-state index contributed by atoms with van der Waals surface area (Å²) in [6, 6.07) is 0. The van der Waals surface area contributed by atoms with E-state index in [2.05, 4.69) is 0 Å². The molecule has 0 aromatic rings. The van der Waals surface area contributed by atoms with Gasteiger partial charge in [-0.25, -0.2) is 4.39 Å². The van der Waals surface area contributed by atoms with Gasteiger partial charge < -0.3 is 20.1 Å². The van der Waals surface area contributed by atoms with E-state index in [9.17, 15) is 14.3 Å². The van der Waals surface area contributed by atoms with Crippen LogP contribution in [-0.2, 0) is 4.79 Å². The van der Waals surface area contributed by atoms with Gasteiger partial charge in [0.15, 0.2) is 0 Å². The van der Waals surface area contributed by atoms with Gasteiger partial charge in [0.2, 0.25) is 5.79 Å². The van der Waals surface area contributed by atoms with E-state index in [-0.39, 0.29) is 18.9 Å². The van der Waals surface area contributed by atoms with Gasteiger partial charge in [-0.3, -0.25) is 0 Å². The van der Waals surface area contributed by atoms with Crippen LogP contribution >= 0.6 is 0 Å². The summed E-state index contributed by atoms with van der Waals surface area (Å²) in [6.07, 6.45) is 0. The minimum absolute atomic E-state index is 0. The summed E-state index contributed by atoms with van der Waals surface area (Å²) in [7, 11) is 0. The first kappa shape index (κ1) is 11.7. The molecule has 0 rings (SSSR count). The summed E-state index contributed by atoms with van der Waals surface area (Å²) in [6.45, 7) is -1.77. The smallest absolute Gasteiger partial charge is 0.544 e. The Kier molecular flexibility index (Phi) is 5.00. The first-order chi connectivity index (χ1) is 3.50. The molecule has 0 unspecified atom stereocenters. The third-order valence-corrected chi connectivity index (χ3v) is 0.513. The third kappa shape index (κ3) is 3.49. The predicted octanol–water partition coefficient (Wildman–Crippen LogP) is -5.61. The van der Waals surface area contributed by atoms with Crippen LogP contribution in [0, 0.1) is 0 Å². The van der Waals surface area contributed by atoms with Crippen molar-refractivity contribution in [3.63, 3.8) is 0 Å². The van der Waals surface area contributed by atoms with Gasteiger partial charge in [0.05, 0.1) is 0 Å². The number of carbonyl (C=O) groups is 1. The first-order valence-electron chi connectivity index (χ1n) is 1.73. The van der Waals surface area contributed by atoms with E-state index >= 15 is 0 Å². The van der Waals surface area contributed by atoms with Gasteiger partial charge in [-0.15, -0.1) is 0 Å². The average molecular weight is 130 g/mol. The zero-order valence-electron chi connectivity index (χ0n) is 4.80. The van der Waals surface area contributed by atoms with Crippen molar-refractivity contribution in [1.82, 2.24) is 0 Å². The molecule has 48 valence electrons. The molecule has 0 saturated carbocycles. The number of hydrogen-bond acceptors (Lipinski definition) is 4. The fourth-order valence-corrected chi connectivity index (χ4v) is 0.0546. The van der Waals surface area contributed by atoms with E-state index in [1.165, 1.54) is 0 Å². The zero-order chi connectivity index (χ0) is 6.78. The third-order valence-electron chi connectivity index (χ3n) is 0.513. The van der Waals surface area contributed by atoms with E-state index in [4.69, 9.17) is 10.2 Å². The summed E-state index contributed by atoms with van der Waals surface area (Å²) < 4.78 is 11.1. The van der Waals surface area contributed by atoms with Crippen LogP contribution in [-0.4, -0.2) is 28.6 Å². The zero-order valence-corrected chi connectivity index (χ0v) is 4.80. The molecule has 0 bridgehead atoms. The van der Waals surface area contributed by atoms with Gasteiger partial charge in [0.25, 0.3) is 0 Å². The number of carboxylic acids is 1. The Morgan fingerprint density at radius 3 is 2.00 bits per heavy atom. The Balaban J connectivity index is 0. The van der Waals surface area contributed by atoms with E-state index in [1.54, 1.807) is 0 Å². The average Bonchev–Trinajstić information content (AvgIpc) is 1.67. The molecule has 0 atom stereocenters. The topological polar surface area (TPSA) is 80.6 Å². The molecule has 4 nitrogen and oxygen atoms in total. The summed E-state index contributed by atoms with van der Waals surface area (Å²) in [5, 5.41) is 25.2. The number of halogens is 1. The van der Waals surface area contributed by atoms with Gasteiger partial charge in [-0.1, -0.05) is 0 Å². The molecule has 2 N–H and O–H groups in total. The molecule has 0 spiro atoms. The molecular weight excluding hydrogens is 126 g/mol. The molecule has 0 aliphatic heterocycles. The quantitative estimate of drug-likeness (QED) is 0.288. The van der Waals surface area contributed by atoms with Gasteiger partial charge in [-0.05, 0) is 0 Å².